The summed E-state index contributed by atoms with van der Waals surface area (Å²) in [6.07, 6.45) is 3.87. The molecule has 108 valence electrons. The first-order chi connectivity index (χ1) is 10.0. The Hall–Kier alpha value is -1.40. The number of fused-ring (bicyclic) bond motifs is 1. The van der Waals surface area contributed by atoms with Gasteiger partial charge in [-0.2, -0.15) is 5.10 Å². The molecule has 2 aromatic heterocycles. The Kier molecular flexibility index (Phi) is 3.99. The Balaban J connectivity index is 1.83. The molecule has 21 heavy (non-hydrogen) atoms. The molecule has 1 aromatic carbocycles. The lowest BCUT2D eigenvalue weighted by molar-refractivity contribution is 0.895. The lowest BCUT2D eigenvalue weighted by Gasteiger charge is -2.12. The predicted molar refractivity (Wildman–Crippen MR) is 91.6 cm³/mol. The Morgan fingerprint density at radius 1 is 1.14 bits per heavy atom. The minimum absolute atomic E-state index is 0.683. The number of nitrogens with zero attached hydrogens (tertiary/aromatic N) is 3. The van der Waals surface area contributed by atoms with Crippen LogP contribution < -0.4 is 5.32 Å². The van der Waals surface area contributed by atoms with E-state index in [1.807, 2.05) is 29.9 Å². The first kappa shape index (κ1) is 14.5. The monoisotopic (exact) mass is 408 g/mol. The Bertz CT molecular complexity index is 788. The van der Waals surface area contributed by atoms with E-state index in [1.54, 1.807) is 0 Å². The molecule has 0 fully saturated rings. The highest BCUT2D eigenvalue weighted by Crippen LogP contribution is 2.32. The van der Waals surface area contributed by atoms with Crippen LogP contribution in [0.1, 0.15) is 16.8 Å². The van der Waals surface area contributed by atoms with Crippen LogP contribution in [0.15, 0.2) is 39.5 Å². The van der Waals surface area contributed by atoms with Crippen molar-refractivity contribution >= 4 is 43.2 Å². The second kappa shape index (κ2) is 5.77. The van der Waals surface area contributed by atoms with Crippen molar-refractivity contribution in [1.82, 2.24) is 14.6 Å². The van der Waals surface area contributed by atoms with E-state index in [0.717, 1.165) is 31.5 Å². The van der Waals surface area contributed by atoms with Crippen molar-refractivity contribution in [2.75, 3.05) is 5.32 Å². The summed E-state index contributed by atoms with van der Waals surface area (Å²) in [4.78, 5) is 4.41. The molecule has 1 N–H and O–H groups in total. The molecule has 0 radical (unpaired) electrons. The fourth-order valence-electron chi connectivity index (χ4n) is 2.18. The summed E-state index contributed by atoms with van der Waals surface area (Å²) in [5, 5.41) is 7.80. The highest BCUT2D eigenvalue weighted by Gasteiger charge is 2.07. The van der Waals surface area contributed by atoms with Crippen molar-refractivity contribution in [3.63, 3.8) is 0 Å². The van der Waals surface area contributed by atoms with Gasteiger partial charge in [0.25, 0.3) is 0 Å². The SMILES string of the molecule is Cc1cc(Br)c(NCc2cnc3cc(C)nn3c2)c(Br)c1. The van der Waals surface area contributed by atoms with E-state index in [2.05, 4.69) is 66.3 Å². The zero-order valence-electron chi connectivity index (χ0n) is 11.7. The quantitative estimate of drug-likeness (QED) is 0.693. The largest absolute Gasteiger partial charge is 0.379 e. The molecule has 0 atom stereocenters. The van der Waals surface area contributed by atoms with Crippen molar-refractivity contribution in [2.24, 2.45) is 0 Å². The summed E-state index contributed by atoms with van der Waals surface area (Å²) < 4.78 is 3.89. The van der Waals surface area contributed by atoms with Gasteiger partial charge in [-0.1, -0.05) is 0 Å². The van der Waals surface area contributed by atoms with E-state index in [-0.39, 0.29) is 0 Å². The van der Waals surface area contributed by atoms with Gasteiger partial charge < -0.3 is 5.32 Å². The first-order valence-electron chi connectivity index (χ1n) is 6.53. The number of rotatable bonds is 3. The van der Waals surface area contributed by atoms with Crippen LogP contribution in [0, 0.1) is 13.8 Å². The molecule has 3 rings (SSSR count). The van der Waals surface area contributed by atoms with Gasteiger partial charge >= 0.3 is 0 Å². The summed E-state index contributed by atoms with van der Waals surface area (Å²) in [6, 6.07) is 6.14. The number of halogens is 2. The third kappa shape index (κ3) is 3.11. The van der Waals surface area contributed by atoms with Crippen LogP contribution >= 0.6 is 31.9 Å². The standard InChI is InChI=1S/C15H14Br2N4/c1-9-3-12(16)15(13(17)4-9)19-7-11-6-18-14-5-10(2)20-21(14)8-11/h3-6,8,19H,7H2,1-2H3. The number of anilines is 1. The molecule has 0 amide bonds. The van der Waals surface area contributed by atoms with Gasteiger partial charge in [0.1, 0.15) is 0 Å². The molecule has 2 heterocycles. The second-order valence-corrected chi connectivity index (χ2v) is 6.72. The maximum absolute atomic E-state index is 4.41. The Labute approximate surface area is 139 Å². The number of aromatic nitrogens is 3. The number of hydrogen-bond donors (Lipinski definition) is 1. The third-order valence-corrected chi connectivity index (χ3v) is 4.40. The molecule has 0 aliphatic heterocycles. The van der Waals surface area contributed by atoms with E-state index >= 15 is 0 Å². The van der Waals surface area contributed by atoms with Crippen LogP contribution in [0.2, 0.25) is 0 Å². The van der Waals surface area contributed by atoms with Crippen molar-refractivity contribution in [3.05, 3.63) is 56.4 Å². The van der Waals surface area contributed by atoms with Crippen molar-refractivity contribution in [3.8, 4) is 0 Å². The molecule has 0 aliphatic rings. The van der Waals surface area contributed by atoms with Gasteiger partial charge in [0.05, 0.1) is 11.4 Å². The first-order valence-corrected chi connectivity index (χ1v) is 8.12. The molecule has 0 aliphatic carbocycles. The third-order valence-electron chi connectivity index (χ3n) is 3.14. The topological polar surface area (TPSA) is 42.2 Å². The minimum atomic E-state index is 0.683. The zero-order valence-corrected chi connectivity index (χ0v) is 14.9. The van der Waals surface area contributed by atoms with Gasteiger partial charge in [-0.15, -0.1) is 0 Å². The van der Waals surface area contributed by atoms with E-state index in [1.165, 1.54) is 5.56 Å². The van der Waals surface area contributed by atoms with Crippen LogP contribution in [0.25, 0.3) is 5.65 Å². The van der Waals surface area contributed by atoms with Crippen LogP contribution in [-0.2, 0) is 6.54 Å². The molecule has 6 heteroatoms. The Morgan fingerprint density at radius 2 is 1.86 bits per heavy atom. The van der Waals surface area contributed by atoms with E-state index in [9.17, 15) is 0 Å². The Morgan fingerprint density at radius 3 is 2.57 bits per heavy atom. The fourth-order valence-corrected chi connectivity index (χ4v) is 3.88. The highest BCUT2D eigenvalue weighted by molar-refractivity contribution is 9.11. The normalized spacial score (nSPS) is 11.0. The number of nitrogens with one attached hydrogen (secondary N) is 1. The lowest BCUT2D eigenvalue weighted by atomic mass is 10.2. The molecule has 3 aromatic rings. The highest BCUT2D eigenvalue weighted by atomic mass is 79.9. The smallest absolute Gasteiger partial charge is 0.155 e. The molecule has 0 bridgehead atoms. The second-order valence-electron chi connectivity index (χ2n) is 5.01. The van der Waals surface area contributed by atoms with E-state index in [4.69, 9.17) is 0 Å². The van der Waals surface area contributed by atoms with Crippen LogP contribution in [0.5, 0.6) is 0 Å². The van der Waals surface area contributed by atoms with E-state index in [0.29, 0.717) is 6.54 Å². The van der Waals surface area contributed by atoms with Crippen molar-refractivity contribution in [2.45, 2.75) is 20.4 Å². The molecular formula is C15H14Br2N4. The molecule has 0 unspecified atom stereocenters. The summed E-state index contributed by atoms with van der Waals surface area (Å²) >= 11 is 7.18. The molecular weight excluding hydrogens is 396 g/mol. The summed E-state index contributed by atoms with van der Waals surface area (Å²) in [6.45, 7) is 4.71. The lowest BCUT2D eigenvalue weighted by Crippen LogP contribution is -2.03. The summed E-state index contributed by atoms with van der Waals surface area (Å²) in [7, 11) is 0. The van der Waals surface area contributed by atoms with Crippen LogP contribution in [-0.4, -0.2) is 14.6 Å². The fraction of sp³-hybridized carbons (Fsp3) is 0.200. The van der Waals surface area contributed by atoms with Crippen LogP contribution in [0.3, 0.4) is 0 Å². The van der Waals surface area contributed by atoms with Gasteiger partial charge in [-0.3, -0.25) is 0 Å². The number of aryl methyl sites for hydroxylation is 2. The molecule has 4 nitrogen and oxygen atoms in total. The maximum Gasteiger partial charge on any atom is 0.155 e. The number of hydrogen-bond acceptors (Lipinski definition) is 3. The van der Waals surface area contributed by atoms with Gasteiger partial charge in [0, 0.05) is 39.5 Å². The van der Waals surface area contributed by atoms with Crippen LogP contribution in [0.4, 0.5) is 5.69 Å². The number of benzene rings is 1. The van der Waals surface area contributed by atoms with Gasteiger partial charge in [0.2, 0.25) is 0 Å². The maximum atomic E-state index is 4.41. The van der Waals surface area contributed by atoms with Crippen molar-refractivity contribution in [1.29, 1.82) is 0 Å². The zero-order chi connectivity index (χ0) is 15.0. The predicted octanol–water partition coefficient (Wildman–Crippen LogP) is 4.48. The minimum Gasteiger partial charge on any atom is -0.379 e. The van der Waals surface area contributed by atoms with Gasteiger partial charge in [-0.25, -0.2) is 9.50 Å². The van der Waals surface area contributed by atoms with Gasteiger partial charge in [-0.05, 0) is 63.4 Å². The molecule has 0 saturated heterocycles. The summed E-state index contributed by atoms with van der Waals surface area (Å²) in [5.74, 6) is 0. The summed E-state index contributed by atoms with van der Waals surface area (Å²) in [5.41, 5.74) is 5.15. The average molecular weight is 410 g/mol. The molecule has 0 saturated carbocycles. The van der Waals surface area contributed by atoms with Crippen molar-refractivity contribution < 1.29 is 0 Å². The molecule has 0 spiro atoms. The average Bonchev–Trinajstić information content (AvgIpc) is 2.76. The van der Waals surface area contributed by atoms with Gasteiger partial charge in [0.15, 0.2) is 5.65 Å². The van der Waals surface area contributed by atoms with E-state index < -0.39 is 0 Å².